The lowest BCUT2D eigenvalue weighted by Crippen LogP contribution is -2.36. The highest BCUT2D eigenvalue weighted by molar-refractivity contribution is 7.22. The fraction of sp³-hybridized carbons (Fsp3) is 0.320. The van der Waals surface area contributed by atoms with Crippen LogP contribution in [0.15, 0.2) is 54.9 Å². The summed E-state index contributed by atoms with van der Waals surface area (Å²) in [4.78, 5) is 13.8. The zero-order chi connectivity index (χ0) is 22.6. The Morgan fingerprint density at radius 2 is 1.94 bits per heavy atom. The van der Waals surface area contributed by atoms with Crippen molar-refractivity contribution in [2.45, 2.75) is 44.4 Å². The van der Waals surface area contributed by atoms with Gasteiger partial charge in [0.1, 0.15) is 17.1 Å². The zero-order valence-corrected chi connectivity index (χ0v) is 19.3. The molecule has 0 amide bonds. The first-order valence-electron chi connectivity index (χ1n) is 11.2. The zero-order valence-electron chi connectivity index (χ0n) is 18.5. The van der Waals surface area contributed by atoms with Crippen molar-refractivity contribution in [2.24, 2.45) is 0 Å². The van der Waals surface area contributed by atoms with E-state index >= 15 is 0 Å². The van der Waals surface area contributed by atoms with Crippen LogP contribution in [0, 0.1) is 0 Å². The highest BCUT2D eigenvalue weighted by atomic mass is 32.1. The van der Waals surface area contributed by atoms with Crippen molar-refractivity contribution in [3.63, 3.8) is 0 Å². The molecule has 7 nitrogen and oxygen atoms in total. The summed E-state index contributed by atoms with van der Waals surface area (Å²) in [5, 5.41) is 17.9. The minimum absolute atomic E-state index is 0.0573. The molecule has 0 saturated heterocycles. The predicted molar refractivity (Wildman–Crippen MR) is 133 cm³/mol. The number of hydrogen-bond donors (Lipinski definition) is 3. The molecule has 3 N–H and O–H groups in total. The second-order valence-electron chi connectivity index (χ2n) is 8.28. The molecule has 0 radical (unpaired) electrons. The molecule has 33 heavy (non-hydrogen) atoms. The van der Waals surface area contributed by atoms with Crippen LogP contribution < -0.4 is 15.4 Å². The van der Waals surface area contributed by atoms with Crippen molar-refractivity contribution in [2.75, 3.05) is 17.7 Å². The number of nitrogens with zero attached hydrogens (tertiary/aromatic N) is 3. The largest absolute Gasteiger partial charge is 0.494 e. The van der Waals surface area contributed by atoms with Crippen molar-refractivity contribution in [3.8, 4) is 17.0 Å². The number of fused-ring (bicyclic) bond motifs is 1. The molecule has 0 bridgehead atoms. The molecule has 5 rings (SSSR count). The van der Waals surface area contributed by atoms with Crippen LogP contribution in [0.4, 0.5) is 10.9 Å². The third-order valence-corrected chi connectivity index (χ3v) is 6.89. The van der Waals surface area contributed by atoms with Crippen molar-refractivity contribution in [1.29, 1.82) is 0 Å². The van der Waals surface area contributed by atoms with Gasteiger partial charge in [0.15, 0.2) is 5.13 Å². The molecule has 0 unspecified atom stereocenters. The van der Waals surface area contributed by atoms with Crippen molar-refractivity contribution in [1.82, 2.24) is 15.0 Å². The second kappa shape index (κ2) is 9.72. The van der Waals surface area contributed by atoms with Crippen molar-refractivity contribution >= 4 is 32.5 Å². The summed E-state index contributed by atoms with van der Waals surface area (Å²) in [5.41, 5.74) is 3.77. The van der Waals surface area contributed by atoms with Crippen LogP contribution in [-0.2, 0) is 6.54 Å². The Morgan fingerprint density at radius 1 is 1.09 bits per heavy atom. The Hall–Kier alpha value is -3.23. The van der Waals surface area contributed by atoms with E-state index in [1.54, 1.807) is 30.8 Å². The number of rotatable bonds is 7. The van der Waals surface area contributed by atoms with E-state index < -0.39 is 0 Å². The summed E-state index contributed by atoms with van der Waals surface area (Å²) >= 11 is 1.59. The van der Waals surface area contributed by atoms with Gasteiger partial charge in [-0.3, -0.25) is 4.98 Å². The number of aliphatic hydroxyl groups excluding tert-OH is 1. The topological polar surface area (TPSA) is 92.2 Å². The van der Waals surface area contributed by atoms with Crippen LogP contribution in [0.2, 0.25) is 0 Å². The van der Waals surface area contributed by atoms with Gasteiger partial charge in [0.2, 0.25) is 0 Å². The van der Waals surface area contributed by atoms with Gasteiger partial charge in [-0.1, -0.05) is 54.5 Å². The number of methoxy groups -OCH3 is 1. The summed E-state index contributed by atoms with van der Waals surface area (Å²) in [7, 11) is 1.66. The van der Waals surface area contributed by atoms with Gasteiger partial charge >= 0.3 is 0 Å². The highest BCUT2D eigenvalue weighted by Crippen LogP contribution is 2.35. The van der Waals surface area contributed by atoms with Gasteiger partial charge < -0.3 is 20.5 Å². The lowest BCUT2D eigenvalue weighted by atomic mass is 9.93. The third-order valence-electron chi connectivity index (χ3n) is 5.96. The van der Waals surface area contributed by atoms with E-state index in [-0.39, 0.29) is 12.1 Å². The molecule has 170 valence electrons. The average molecular weight is 462 g/mol. The van der Waals surface area contributed by atoms with E-state index in [0.717, 1.165) is 63.6 Å². The van der Waals surface area contributed by atoms with Gasteiger partial charge in [0, 0.05) is 12.1 Å². The van der Waals surface area contributed by atoms with Crippen LogP contribution in [0.25, 0.3) is 21.5 Å². The smallest absolute Gasteiger partial charge is 0.184 e. The molecule has 2 aromatic carbocycles. The number of hydrogen-bond acceptors (Lipinski definition) is 8. The first-order chi connectivity index (χ1) is 16.2. The maximum atomic E-state index is 10.3. The lowest BCUT2D eigenvalue weighted by molar-refractivity contribution is 0.116. The summed E-state index contributed by atoms with van der Waals surface area (Å²) in [6.07, 6.45) is 7.20. The fourth-order valence-corrected chi connectivity index (χ4v) is 5.21. The van der Waals surface area contributed by atoms with Gasteiger partial charge in [0.25, 0.3) is 0 Å². The summed E-state index contributed by atoms with van der Waals surface area (Å²) in [5.74, 6) is 1.45. The lowest BCUT2D eigenvalue weighted by Gasteiger charge is -2.27. The molecular formula is C25H27N5O2S. The SMILES string of the molecule is COc1cc(CNc2cncc(-c3ccccc3)n2)cc2sc(N[C@@H]3CCCC[C@H]3O)nc12. The van der Waals surface area contributed by atoms with Crippen LogP contribution in [0.5, 0.6) is 5.75 Å². The van der Waals surface area contributed by atoms with Gasteiger partial charge in [-0.15, -0.1) is 0 Å². The van der Waals surface area contributed by atoms with Gasteiger partial charge in [0.05, 0.1) is 42.0 Å². The Labute approximate surface area is 196 Å². The Morgan fingerprint density at radius 3 is 2.76 bits per heavy atom. The average Bonchev–Trinajstić information content (AvgIpc) is 3.27. The summed E-state index contributed by atoms with van der Waals surface area (Å²) in [6.45, 7) is 0.585. The Bertz CT molecular complexity index is 1230. The molecule has 2 heterocycles. The van der Waals surface area contributed by atoms with Crippen molar-refractivity contribution < 1.29 is 9.84 Å². The number of anilines is 2. The molecule has 4 aromatic rings. The van der Waals surface area contributed by atoms with Gasteiger partial charge in [-0.2, -0.15) is 0 Å². The number of thiazole rings is 1. The van der Waals surface area contributed by atoms with E-state index in [4.69, 9.17) is 14.7 Å². The molecule has 0 aliphatic heterocycles. The normalized spacial score (nSPS) is 18.2. The molecule has 1 fully saturated rings. The monoisotopic (exact) mass is 461 g/mol. The fourth-order valence-electron chi connectivity index (χ4n) is 4.20. The number of ether oxygens (including phenoxy) is 1. The maximum Gasteiger partial charge on any atom is 0.184 e. The molecule has 1 saturated carbocycles. The van der Waals surface area contributed by atoms with Gasteiger partial charge in [-0.05, 0) is 30.5 Å². The molecular weight excluding hydrogens is 434 g/mol. The molecule has 1 aliphatic rings. The molecule has 2 aromatic heterocycles. The minimum Gasteiger partial charge on any atom is -0.494 e. The summed E-state index contributed by atoms with van der Waals surface area (Å²) in [6, 6.07) is 14.2. The number of nitrogens with one attached hydrogen (secondary N) is 2. The maximum absolute atomic E-state index is 10.3. The minimum atomic E-state index is -0.319. The quantitative estimate of drug-likeness (QED) is 0.353. The Kier molecular flexibility index (Phi) is 6.37. The standard InChI is InChI=1S/C25H27N5O2S/c1-32-21-11-16(13-27-23-15-26-14-19(28-23)17-7-3-2-4-8-17)12-22-24(21)30-25(33-22)29-18-9-5-6-10-20(18)31/h2-4,7-8,11-12,14-15,18,20,31H,5-6,9-10,13H2,1H3,(H,27,28)(H,29,30)/t18-,20-/m1/s1. The van der Waals surface area contributed by atoms with Crippen LogP contribution in [0.3, 0.4) is 0 Å². The van der Waals surface area contributed by atoms with Gasteiger partial charge in [-0.25, -0.2) is 9.97 Å². The Balaban J connectivity index is 1.33. The van der Waals surface area contributed by atoms with E-state index in [0.29, 0.717) is 12.4 Å². The van der Waals surface area contributed by atoms with E-state index in [2.05, 4.69) is 21.7 Å². The molecule has 0 spiro atoms. The van der Waals surface area contributed by atoms with Crippen molar-refractivity contribution in [3.05, 3.63) is 60.4 Å². The van der Waals surface area contributed by atoms with E-state index in [9.17, 15) is 5.11 Å². The number of aromatic nitrogens is 3. The van der Waals surface area contributed by atoms with Crippen LogP contribution >= 0.6 is 11.3 Å². The summed E-state index contributed by atoms with van der Waals surface area (Å²) < 4.78 is 6.68. The molecule has 2 atom stereocenters. The van der Waals surface area contributed by atoms with Crippen LogP contribution in [-0.4, -0.2) is 39.3 Å². The molecule has 1 aliphatic carbocycles. The third kappa shape index (κ3) is 4.91. The van der Waals surface area contributed by atoms with E-state index in [1.807, 2.05) is 36.4 Å². The molecule has 8 heteroatoms. The first-order valence-corrected chi connectivity index (χ1v) is 12.0. The number of benzene rings is 2. The van der Waals surface area contributed by atoms with E-state index in [1.165, 1.54) is 0 Å². The highest BCUT2D eigenvalue weighted by Gasteiger charge is 2.24. The predicted octanol–water partition coefficient (Wildman–Crippen LogP) is 5.09. The van der Waals surface area contributed by atoms with Crippen LogP contribution in [0.1, 0.15) is 31.2 Å². The second-order valence-corrected chi connectivity index (χ2v) is 9.31. The number of aliphatic hydroxyl groups is 1. The first kappa shape index (κ1) is 21.6.